The van der Waals surface area contributed by atoms with Gasteiger partial charge in [0, 0.05) is 6.07 Å². The first-order valence-electron chi connectivity index (χ1n) is 5.38. The predicted octanol–water partition coefficient (Wildman–Crippen LogP) is 4.08. The Morgan fingerprint density at radius 3 is 2.53 bits per heavy atom. The Hall–Kier alpha value is -1.95. The summed E-state index contributed by atoms with van der Waals surface area (Å²) >= 11 is 3.07. The number of hydrogen-bond donors (Lipinski definition) is 0. The Balaban J connectivity index is 2.19. The first kappa shape index (κ1) is 13.5. The number of nitro benzene ring substituents is 1. The van der Waals surface area contributed by atoms with Gasteiger partial charge in [-0.15, -0.1) is 0 Å². The normalized spacial score (nSPS) is 10.2. The highest BCUT2D eigenvalue weighted by atomic mass is 79.9. The second kappa shape index (κ2) is 5.79. The van der Waals surface area contributed by atoms with E-state index in [0.29, 0.717) is 0 Å². The van der Waals surface area contributed by atoms with Crippen LogP contribution in [0.3, 0.4) is 0 Å². The number of halogens is 2. The maximum atomic E-state index is 13.7. The van der Waals surface area contributed by atoms with Gasteiger partial charge in [-0.3, -0.25) is 10.1 Å². The molecule has 0 bridgehead atoms. The number of rotatable bonds is 4. The van der Waals surface area contributed by atoms with Gasteiger partial charge in [0.2, 0.25) is 0 Å². The van der Waals surface area contributed by atoms with Crippen molar-refractivity contribution >= 4 is 21.6 Å². The van der Waals surface area contributed by atoms with Crippen molar-refractivity contribution in [3.05, 3.63) is 68.4 Å². The minimum Gasteiger partial charge on any atom is -0.485 e. The fourth-order valence-corrected chi connectivity index (χ4v) is 2.06. The Bertz CT molecular complexity index is 581. The summed E-state index contributed by atoms with van der Waals surface area (Å²) in [5.41, 5.74) is 0.559. The van der Waals surface area contributed by atoms with E-state index in [1.807, 2.05) is 30.3 Å². The fourth-order valence-electron chi connectivity index (χ4n) is 1.52. The number of non-ortho nitro benzene ring substituents is 1. The lowest BCUT2D eigenvalue weighted by atomic mass is 10.2. The van der Waals surface area contributed by atoms with Gasteiger partial charge in [-0.05, 0) is 21.5 Å². The molecule has 0 aliphatic rings. The number of ether oxygens (including phenoxy) is 1. The third-order valence-electron chi connectivity index (χ3n) is 2.42. The molecule has 0 saturated heterocycles. The van der Waals surface area contributed by atoms with Crippen LogP contribution in [0.4, 0.5) is 10.1 Å². The molecule has 0 N–H and O–H groups in total. The predicted molar refractivity (Wildman–Crippen MR) is 71.5 cm³/mol. The zero-order valence-corrected chi connectivity index (χ0v) is 11.3. The van der Waals surface area contributed by atoms with Gasteiger partial charge >= 0.3 is 0 Å². The number of benzene rings is 2. The molecule has 0 aliphatic heterocycles. The Labute approximate surface area is 117 Å². The van der Waals surface area contributed by atoms with E-state index in [4.69, 9.17) is 4.74 Å². The largest absolute Gasteiger partial charge is 0.485 e. The molecule has 98 valence electrons. The van der Waals surface area contributed by atoms with Crippen LogP contribution < -0.4 is 4.74 Å². The Morgan fingerprint density at radius 2 is 1.95 bits per heavy atom. The van der Waals surface area contributed by atoms with Gasteiger partial charge in [0.05, 0.1) is 15.5 Å². The molecule has 0 spiro atoms. The fraction of sp³-hybridized carbons (Fsp3) is 0.0769. The Morgan fingerprint density at radius 1 is 1.26 bits per heavy atom. The minimum atomic E-state index is -0.767. The summed E-state index contributed by atoms with van der Waals surface area (Å²) in [6, 6.07) is 11.3. The summed E-state index contributed by atoms with van der Waals surface area (Å²) in [6.07, 6.45) is 0. The summed E-state index contributed by atoms with van der Waals surface area (Å²) in [5, 5.41) is 10.6. The van der Waals surface area contributed by atoms with E-state index < -0.39 is 10.7 Å². The standard InChI is InChI=1S/C13H9BrFNO3/c14-11-6-10(16(17)18)7-12(15)13(11)19-8-9-4-2-1-3-5-9/h1-7H,8H2. The highest BCUT2D eigenvalue weighted by Gasteiger charge is 2.16. The van der Waals surface area contributed by atoms with Crippen LogP contribution in [0.1, 0.15) is 5.56 Å². The second-order valence-electron chi connectivity index (χ2n) is 3.77. The molecule has 0 saturated carbocycles. The van der Waals surface area contributed by atoms with Gasteiger partial charge in [-0.25, -0.2) is 4.39 Å². The van der Waals surface area contributed by atoms with E-state index in [2.05, 4.69) is 15.9 Å². The maximum absolute atomic E-state index is 13.7. The lowest BCUT2D eigenvalue weighted by Gasteiger charge is -2.09. The molecule has 2 aromatic rings. The number of nitrogens with zero attached hydrogens (tertiary/aromatic N) is 1. The third kappa shape index (κ3) is 3.29. The van der Waals surface area contributed by atoms with Crippen LogP contribution in [0, 0.1) is 15.9 Å². The van der Waals surface area contributed by atoms with Crippen molar-refractivity contribution in [1.82, 2.24) is 0 Å². The van der Waals surface area contributed by atoms with Crippen molar-refractivity contribution in [2.45, 2.75) is 6.61 Å². The SMILES string of the molecule is O=[N+]([O-])c1cc(F)c(OCc2ccccc2)c(Br)c1. The topological polar surface area (TPSA) is 52.4 Å². The summed E-state index contributed by atoms with van der Waals surface area (Å²) in [5.74, 6) is -0.800. The molecule has 0 atom stereocenters. The van der Waals surface area contributed by atoms with Gasteiger partial charge in [0.1, 0.15) is 6.61 Å². The van der Waals surface area contributed by atoms with Gasteiger partial charge < -0.3 is 4.74 Å². The van der Waals surface area contributed by atoms with E-state index in [1.165, 1.54) is 6.07 Å². The first-order valence-corrected chi connectivity index (χ1v) is 6.17. The molecular weight excluding hydrogens is 317 g/mol. The van der Waals surface area contributed by atoms with Crippen molar-refractivity contribution in [3.63, 3.8) is 0 Å². The summed E-state index contributed by atoms with van der Waals surface area (Å²) in [6.45, 7) is 0.189. The summed E-state index contributed by atoms with van der Waals surface area (Å²) in [7, 11) is 0. The molecule has 2 rings (SSSR count). The molecule has 0 fully saturated rings. The monoisotopic (exact) mass is 325 g/mol. The summed E-state index contributed by atoms with van der Waals surface area (Å²) in [4.78, 5) is 9.92. The molecule has 4 nitrogen and oxygen atoms in total. The zero-order chi connectivity index (χ0) is 13.8. The van der Waals surface area contributed by atoms with E-state index in [1.54, 1.807) is 0 Å². The van der Waals surface area contributed by atoms with E-state index in [-0.39, 0.29) is 22.5 Å². The van der Waals surface area contributed by atoms with E-state index >= 15 is 0 Å². The highest BCUT2D eigenvalue weighted by molar-refractivity contribution is 9.10. The second-order valence-corrected chi connectivity index (χ2v) is 4.62. The Kier molecular flexibility index (Phi) is 4.11. The van der Waals surface area contributed by atoms with Gasteiger partial charge in [0.25, 0.3) is 5.69 Å². The average molecular weight is 326 g/mol. The first-order chi connectivity index (χ1) is 9.08. The quantitative estimate of drug-likeness (QED) is 0.628. The van der Waals surface area contributed by atoms with Crippen LogP contribution in [-0.2, 0) is 6.61 Å². The molecule has 19 heavy (non-hydrogen) atoms. The van der Waals surface area contributed by atoms with Gasteiger partial charge in [0.15, 0.2) is 11.6 Å². The van der Waals surface area contributed by atoms with Gasteiger partial charge in [-0.2, -0.15) is 0 Å². The van der Waals surface area contributed by atoms with Crippen LogP contribution >= 0.6 is 15.9 Å². The molecule has 2 aromatic carbocycles. The van der Waals surface area contributed by atoms with Crippen LogP contribution in [0.5, 0.6) is 5.75 Å². The van der Waals surface area contributed by atoms with E-state index in [9.17, 15) is 14.5 Å². The lowest BCUT2D eigenvalue weighted by molar-refractivity contribution is -0.385. The highest BCUT2D eigenvalue weighted by Crippen LogP contribution is 2.33. The molecule has 0 heterocycles. The molecule has 0 aliphatic carbocycles. The van der Waals surface area contributed by atoms with Crippen LogP contribution in [0.15, 0.2) is 46.9 Å². The number of hydrogen-bond acceptors (Lipinski definition) is 3. The van der Waals surface area contributed by atoms with Crippen molar-refractivity contribution in [3.8, 4) is 5.75 Å². The van der Waals surface area contributed by atoms with Crippen molar-refractivity contribution in [1.29, 1.82) is 0 Å². The van der Waals surface area contributed by atoms with E-state index in [0.717, 1.165) is 11.6 Å². The molecule has 6 heteroatoms. The molecule has 0 amide bonds. The third-order valence-corrected chi connectivity index (χ3v) is 3.01. The van der Waals surface area contributed by atoms with Crippen LogP contribution in [-0.4, -0.2) is 4.92 Å². The van der Waals surface area contributed by atoms with Crippen LogP contribution in [0.25, 0.3) is 0 Å². The molecule has 0 radical (unpaired) electrons. The molecule has 0 aromatic heterocycles. The van der Waals surface area contributed by atoms with Crippen molar-refractivity contribution < 1.29 is 14.1 Å². The lowest BCUT2D eigenvalue weighted by Crippen LogP contribution is -1.99. The van der Waals surface area contributed by atoms with Crippen LogP contribution in [0.2, 0.25) is 0 Å². The maximum Gasteiger partial charge on any atom is 0.273 e. The number of nitro groups is 1. The average Bonchev–Trinajstić information content (AvgIpc) is 2.38. The zero-order valence-electron chi connectivity index (χ0n) is 9.68. The molecule has 0 unspecified atom stereocenters. The minimum absolute atomic E-state index is 0.0329. The van der Waals surface area contributed by atoms with Crippen molar-refractivity contribution in [2.75, 3.05) is 0 Å². The van der Waals surface area contributed by atoms with Gasteiger partial charge in [-0.1, -0.05) is 30.3 Å². The summed E-state index contributed by atoms with van der Waals surface area (Å²) < 4.78 is 19.3. The molecular formula is C13H9BrFNO3. The van der Waals surface area contributed by atoms with Crippen molar-refractivity contribution in [2.24, 2.45) is 0 Å². The smallest absolute Gasteiger partial charge is 0.273 e.